The Hall–Kier alpha value is -2.28. The van der Waals surface area contributed by atoms with Crippen LogP contribution in [0, 0.1) is 5.92 Å². The second kappa shape index (κ2) is 9.96. The summed E-state index contributed by atoms with van der Waals surface area (Å²) >= 11 is 0. The van der Waals surface area contributed by atoms with Gasteiger partial charge in [-0.2, -0.15) is 0 Å². The van der Waals surface area contributed by atoms with Crippen LogP contribution in [-0.4, -0.2) is 86.0 Å². The third-order valence-corrected chi connectivity index (χ3v) is 5.74. The summed E-state index contributed by atoms with van der Waals surface area (Å²) in [4.78, 5) is 31.8. The van der Waals surface area contributed by atoms with E-state index < -0.39 is 0 Å². The van der Waals surface area contributed by atoms with Gasteiger partial charge in [0.2, 0.25) is 5.91 Å². The summed E-state index contributed by atoms with van der Waals surface area (Å²) in [6.45, 7) is 9.59. The molecule has 0 N–H and O–H groups in total. The molecule has 0 bridgehead atoms. The maximum Gasteiger partial charge on any atom is 0.253 e. The van der Waals surface area contributed by atoms with Gasteiger partial charge in [-0.15, -0.1) is 0 Å². The van der Waals surface area contributed by atoms with Gasteiger partial charge in [0.25, 0.3) is 5.91 Å². The Labute approximate surface area is 173 Å². The van der Waals surface area contributed by atoms with E-state index in [0.29, 0.717) is 43.4 Å². The quantitative estimate of drug-likeness (QED) is 0.728. The number of likely N-dealkylation sites (N-methyl/N-ethyl adjacent to an activating group) is 1. The maximum absolute atomic E-state index is 13.0. The van der Waals surface area contributed by atoms with Crippen molar-refractivity contribution in [2.45, 2.75) is 26.7 Å². The van der Waals surface area contributed by atoms with Gasteiger partial charge in [0, 0.05) is 50.7 Å². The van der Waals surface area contributed by atoms with E-state index in [2.05, 4.69) is 11.9 Å². The molecule has 1 aromatic carbocycles. The molecular weight excluding hydrogens is 370 g/mol. The van der Waals surface area contributed by atoms with E-state index in [1.165, 1.54) is 0 Å². The van der Waals surface area contributed by atoms with Crippen molar-refractivity contribution in [1.29, 1.82) is 0 Å². The van der Waals surface area contributed by atoms with Gasteiger partial charge >= 0.3 is 0 Å². The van der Waals surface area contributed by atoms with Crippen molar-refractivity contribution in [2.24, 2.45) is 5.92 Å². The summed E-state index contributed by atoms with van der Waals surface area (Å²) < 4.78 is 11.2. The van der Waals surface area contributed by atoms with Crippen LogP contribution in [0.15, 0.2) is 18.2 Å². The van der Waals surface area contributed by atoms with Crippen LogP contribution in [-0.2, 0) is 4.79 Å². The lowest BCUT2D eigenvalue weighted by atomic mass is 9.94. The van der Waals surface area contributed by atoms with Crippen LogP contribution >= 0.6 is 0 Å². The fourth-order valence-electron chi connectivity index (χ4n) is 3.98. The Balaban J connectivity index is 1.58. The number of carbonyl (C=O) groups excluding carboxylic acids is 2. The van der Waals surface area contributed by atoms with Crippen molar-refractivity contribution in [2.75, 3.05) is 59.5 Å². The highest BCUT2D eigenvalue weighted by molar-refractivity contribution is 5.95. The number of piperidine rings is 1. The number of benzene rings is 1. The van der Waals surface area contributed by atoms with Crippen molar-refractivity contribution < 1.29 is 19.1 Å². The zero-order valence-corrected chi connectivity index (χ0v) is 17.9. The van der Waals surface area contributed by atoms with Crippen LogP contribution in [0.25, 0.3) is 0 Å². The lowest BCUT2D eigenvalue weighted by Gasteiger charge is -2.37. The average molecular weight is 404 g/mol. The van der Waals surface area contributed by atoms with Crippen LogP contribution in [0.5, 0.6) is 11.5 Å². The van der Waals surface area contributed by atoms with E-state index in [4.69, 9.17) is 9.47 Å². The van der Waals surface area contributed by atoms with E-state index in [9.17, 15) is 9.59 Å². The summed E-state index contributed by atoms with van der Waals surface area (Å²) in [5, 5.41) is 0. The molecule has 0 aromatic heterocycles. The number of hydrogen-bond acceptors (Lipinski definition) is 5. The number of hydrogen-bond donors (Lipinski definition) is 0. The van der Waals surface area contributed by atoms with Crippen LogP contribution < -0.4 is 9.47 Å². The molecular formula is C22H33N3O4. The van der Waals surface area contributed by atoms with E-state index in [0.717, 1.165) is 39.0 Å². The number of amides is 2. The molecule has 2 amide bonds. The molecule has 2 aliphatic rings. The lowest BCUT2D eigenvalue weighted by Crippen LogP contribution is -2.51. The highest BCUT2D eigenvalue weighted by Gasteiger charge is 2.31. The fourth-order valence-corrected chi connectivity index (χ4v) is 3.98. The number of likely N-dealkylation sites (tertiary alicyclic amines) is 1. The minimum absolute atomic E-state index is 0.0144. The van der Waals surface area contributed by atoms with Gasteiger partial charge in [-0.25, -0.2) is 0 Å². The molecule has 0 spiro atoms. The first-order valence-corrected chi connectivity index (χ1v) is 10.7. The number of piperazine rings is 1. The first-order chi connectivity index (χ1) is 14.0. The highest BCUT2D eigenvalue weighted by atomic mass is 16.5. The van der Waals surface area contributed by atoms with E-state index >= 15 is 0 Å². The molecule has 7 nitrogen and oxygen atoms in total. The van der Waals surface area contributed by atoms with Gasteiger partial charge in [0.1, 0.15) is 0 Å². The third-order valence-electron chi connectivity index (χ3n) is 5.74. The van der Waals surface area contributed by atoms with Crippen LogP contribution in [0.1, 0.15) is 37.0 Å². The summed E-state index contributed by atoms with van der Waals surface area (Å²) in [6, 6.07) is 5.35. The largest absolute Gasteiger partial charge is 0.490 e. The van der Waals surface area contributed by atoms with E-state index in [1.807, 2.05) is 23.6 Å². The molecule has 2 saturated heterocycles. The molecule has 2 heterocycles. The Morgan fingerprint density at radius 1 is 0.897 bits per heavy atom. The number of nitrogens with zero attached hydrogens (tertiary/aromatic N) is 3. The molecule has 7 heteroatoms. The van der Waals surface area contributed by atoms with Gasteiger partial charge in [0.05, 0.1) is 13.2 Å². The second-order valence-corrected chi connectivity index (χ2v) is 7.72. The Bertz CT molecular complexity index is 708. The maximum atomic E-state index is 13.0. The minimum atomic E-state index is -0.0144. The van der Waals surface area contributed by atoms with Crippen molar-refractivity contribution in [3.63, 3.8) is 0 Å². The Morgan fingerprint density at radius 2 is 1.52 bits per heavy atom. The summed E-state index contributed by atoms with van der Waals surface area (Å²) in [5.74, 6) is 1.52. The third kappa shape index (κ3) is 5.21. The van der Waals surface area contributed by atoms with Gasteiger partial charge in [-0.3, -0.25) is 9.59 Å². The van der Waals surface area contributed by atoms with E-state index in [1.54, 1.807) is 18.2 Å². The average Bonchev–Trinajstić information content (AvgIpc) is 2.75. The zero-order chi connectivity index (χ0) is 20.8. The second-order valence-electron chi connectivity index (χ2n) is 7.72. The topological polar surface area (TPSA) is 62.3 Å². The number of rotatable bonds is 6. The van der Waals surface area contributed by atoms with Crippen LogP contribution in [0.3, 0.4) is 0 Å². The Morgan fingerprint density at radius 3 is 2.14 bits per heavy atom. The Kier molecular flexibility index (Phi) is 7.36. The van der Waals surface area contributed by atoms with Crippen molar-refractivity contribution in [1.82, 2.24) is 14.7 Å². The predicted molar refractivity (Wildman–Crippen MR) is 111 cm³/mol. The highest BCUT2D eigenvalue weighted by Crippen LogP contribution is 2.30. The fraction of sp³-hybridized carbons (Fsp3) is 0.636. The molecule has 0 aliphatic carbocycles. The van der Waals surface area contributed by atoms with Gasteiger partial charge < -0.3 is 24.2 Å². The SMILES string of the molecule is CCOc1ccc(C(=O)N2CCC(C(=O)N3CCN(C)CC3)CC2)cc1OCC. The molecule has 2 fully saturated rings. The van der Waals surface area contributed by atoms with Crippen molar-refractivity contribution in [3.8, 4) is 11.5 Å². The molecule has 0 radical (unpaired) electrons. The van der Waals surface area contributed by atoms with Gasteiger partial charge in [-0.05, 0) is 51.9 Å². The van der Waals surface area contributed by atoms with Gasteiger partial charge in [0.15, 0.2) is 11.5 Å². The normalized spacial score (nSPS) is 18.6. The molecule has 0 atom stereocenters. The smallest absolute Gasteiger partial charge is 0.253 e. The summed E-state index contributed by atoms with van der Waals surface area (Å²) in [7, 11) is 2.09. The standard InChI is InChI=1S/C22H33N3O4/c1-4-28-19-7-6-18(16-20(19)29-5-2)22(27)24-10-8-17(9-11-24)21(26)25-14-12-23(3)13-15-25/h6-7,16-17H,4-5,8-15H2,1-3H3. The van der Waals surface area contributed by atoms with Crippen LogP contribution in [0.2, 0.25) is 0 Å². The van der Waals surface area contributed by atoms with Gasteiger partial charge in [-0.1, -0.05) is 0 Å². The first kappa shape index (κ1) is 21.4. The first-order valence-electron chi connectivity index (χ1n) is 10.7. The molecule has 160 valence electrons. The van der Waals surface area contributed by atoms with Crippen LogP contribution in [0.4, 0.5) is 0 Å². The monoisotopic (exact) mass is 403 g/mol. The number of ether oxygens (including phenoxy) is 2. The van der Waals surface area contributed by atoms with Crippen molar-refractivity contribution >= 4 is 11.8 Å². The molecule has 0 saturated carbocycles. The lowest BCUT2D eigenvalue weighted by molar-refractivity contribution is -0.138. The minimum Gasteiger partial charge on any atom is -0.490 e. The predicted octanol–water partition coefficient (Wildman–Crippen LogP) is 2.11. The number of carbonyl (C=O) groups is 2. The molecule has 1 aromatic rings. The molecule has 2 aliphatic heterocycles. The molecule has 3 rings (SSSR count). The summed E-state index contributed by atoms with van der Waals surface area (Å²) in [6.07, 6.45) is 1.46. The molecule has 29 heavy (non-hydrogen) atoms. The summed E-state index contributed by atoms with van der Waals surface area (Å²) in [5.41, 5.74) is 0.598. The van der Waals surface area contributed by atoms with Crippen molar-refractivity contribution in [3.05, 3.63) is 23.8 Å². The van der Waals surface area contributed by atoms with E-state index in [-0.39, 0.29) is 17.7 Å². The zero-order valence-electron chi connectivity index (χ0n) is 17.9. The molecule has 0 unspecified atom stereocenters.